The van der Waals surface area contributed by atoms with Crippen LogP contribution in [0.4, 0.5) is 0 Å². The van der Waals surface area contributed by atoms with Crippen molar-refractivity contribution in [3.63, 3.8) is 0 Å². The summed E-state index contributed by atoms with van der Waals surface area (Å²) in [4.78, 5) is 10.7. The van der Waals surface area contributed by atoms with Gasteiger partial charge in [0.05, 0.1) is 10.7 Å². The predicted molar refractivity (Wildman–Crippen MR) is 75.1 cm³/mol. The molecule has 0 radical (unpaired) electrons. The zero-order valence-corrected chi connectivity index (χ0v) is 11.8. The van der Waals surface area contributed by atoms with Crippen molar-refractivity contribution in [2.45, 2.75) is 6.92 Å². The Balaban J connectivity index is 2.78. The molecule has 4 nitrogen and oxygen atoms in total. The van der Waals surface area contributed by atoms with Crippen molar-refractivity contribution < 1.29 is 14.6 Å². The van der Waals surface area contributed by atoms with Crippen LogP contribution < -0.4 is 10.1 Å². The van der Waals surface area contributed by atoms with Gasteiger partial charge in [-0.15, -0.1) is 0 Å². The van der Waals surface area contributed by atoms with E-state index in [0.29, 0.717) is 12.3 Å². The molecule has 1 rings (SSSR count). The van der Waals surface area contributed by atoms with Crippen LogP contribution in [0.25, 0.3) is 6.08 Å². The first-order chi connectivity index (χ1) is 8.04. The predicted octanol–water partition coefficient (Wildman–Crippen LogP) is 2.15. The number of phenolic OH excluding ortho intramolecular Hbond substituents is 1. The Morgan fingerprint density at radius 3 is 2.88 bits per heavy atom. The van der Waals surface area contributed by atoms with Crippen molar-refractivity contribution in [3.8, 4) is 11.5 Å². The number of carbonyl (C=O) groups is 1. The molecule has 1 aromatic carbocycles. The molecule has 0 fully saturated rings. The fourth-order valence-corrected chi connectivity index (χ4v) is 1.87. The molecule has 0 aromatic heterocycles. The van der Waals surface area contributed by atoms with E-state index in [1.54, 1.807) is 6.07 Å². The Labute approximate surface area is 114 Å². The van der Waals surface area contributed by atoms with E-state index in [-0.39, 0.29) is 11.7 Å². The number of rotatable bonds is 4. The second kappa shape index (κ2) is 6.48. The molecule has 0 unspecified atom stereocenters. The zero-order chi connectivity index (χ0) is 12.8. The van der Waals surface area contributed by atoms with Gasteiger partial charge >= 0.3 is 0 Å². The topological polar surface area (TPSA) is 58.6 Å². The second-order valence-electron chi connectivity index (χ2n) is 3.39. The number of halogens is 1. The molecule has 0 atom stereocenters. The maximum absolute atomic E-state index is 10.7. The third kappa shape index (κ3) is 4.26. The number of benzene rings is 1. The summed E-state index contributed by atoms with van der Waals surface area (Å²) in [5.41, 5.74) is 0.911. The van der Waals surface area contributed by atoms with Crippen LogP contribution in [0.3, 0.4) is 0 Å². The van der Waals surface area contributed by atoms with E-state index in [0.717, 1.165) is 9.13 Å². The first-order valence-corrected chi connectivity index (χ1v) is 6.10. The molecule has 17 heavy (non-hydrogen) atoms. The molecule has 0 aliphatic carbocycles. The van der Waals surface area contributed by atoms with E-state index in [4.69, 9.17) is 4.74 Å². The number of phenols is 1. The minimum atomic E-state index is -0.0625. The normalized spacial score (nSPS) is 10.5. The number of aromatic hydroxyl groups is 1. The molecule has 0 aliphatic rings. The Hall–Kier alpha value is -1.24. The summed E-state index contributed by atoms with van der Waals surface area (Å²) < 4.78 is 5.78. The second-order valence-corrected chi connectivity index (χ2v) is 4.56. The summed E-state index contributed by atoms with van der Waals surface area (Å²) in [7, 11) is 1.51. The molecule has 1 amide bonds. The quantitative estimate of drug-likeness (QED) is 0.821. The van der Waals surface area contributed by atoms with Crippen LogP contribution in [0.5, 0.6) is 11.5 Å². The molecular weight excluding hydrogens is 333 g/mol. The highest BCUT2D eigenvalue weighted by molar-refractivity contribution is 14.1. The SMILES string of the molecule is COc1cc(C=CCNC(C)=O)cc(I)c1O. The molecule has 1 aromatic rings. The van der Waals surface area contributed by atoms with Gasteiger partial charge in [0.25, 0.3) is 0 Å². The van der Waals surface area contributed by atoms with Crippen LogP contribution in [0.2, 0.25) is 0 Å². The Morgan fingerprint density at radius 2 is 2.29 bits per heavy atom. The number of amides is 1. The van der Waals surface area contributed by atoms with E-state index >= 15 is 0 Å². The summed E-state index contributed by atoms with van der Waals surface area (Å²) in [6, 6.07) is 3.57. The van der Waals surface area contributed by atoms with Gasteiger partial charge in [0.2, 0.25) is 5.91 Å². The summed E-state index contributed by atoms with van der Waals surface area (Å²) >= 11 is 2.04. The van der Waals surface area contributed by atoms with Gasteiger partial charge in [-0.1, -0.05) is 12.2 Å². The van der Waals surface area contributed by atoms with Gasteiger partial charge in [0.1, 0.15) is 0 Å². The number of methoxy groups -OCH3 is 1. The highest BCUT2D eigenvalue weighted by Crippen LogP contribution is 2.32. The van der Waals surface area contributed by atoms with Gasteiger partial charge in [-0.3, -0.25) is 4.79 Å². The fourth-order valence-electron chi connectivity index (χ4n) is 1.24. The average molecular weight is 347 g/mol. The molecular formula is C12H14INO3. The number of hydrogen-bond acceptors (Lipinski definition) is 3. The minimum Gasteiger partial charge on any atom is -0.504 e. The van der Waals surface area contributed by atoms with E-state index in [1.807, 2.05) is 40.8 Å². The average Bonchev–Trinajstić information content (AvgIpc) is 2.28. The number of ether oxygens (including phenoxy) is 1. The zero-order valence-electron chi connectivity index (χ0n) is 9.66. The summed E-state index contributed by atoms with van der Waals surface area (Å²) in [5, 5.41) is 12.3. The molecule has 0 spiro atoms. The highest BCUT2D eigenvalue weighted by Gasteiger charge is 2.06. The van der Waals surface area contributed by atoms with Crippen LogP contribution in [0, 0.1) is 3.57 Å². The highest BCUT2D eigenvalue weighted by atomic mass is 127. The van der Waals surface area contributed by atoms with Crippen LogP contribution in [0.1, 0.15) is 12.5 Å². The maximum atomic E-state index is 10.7. The molecule has 0 saturated heterocycles. The maximum Gasteiger partial charge on any atom is 0.217 e. The van der Waals surface area contributed by atoms with E-state index in [1.165, 1.54) is 14.0 Å². The minimum absolute atomic E-state index is 0.0625. The monoisotopic (exact) mass is 347 g/mol. The van der Waals surface area contributed by atoms with Crippen LogP contribution in [0.15, 0.2) is 18.2 Å². The van der Waals surface area contributed by atoms with Gasteiger partial charge in [0.15, 0.2) is 11.5 Å². The molecule has 2 N–H and O–H groups in total. The fraction of sp³-hybridized carbons (Fsp3) is 0.250. The van der Waals surface area contributed by atoms with E-state index in [2.05, 4.69) is 5.32 Å². The van der Waals surface area contributed by atoms with Gasteiger partial charge in [0, 0.05) is 13.5 Å². The van der Waals surface area contributed by atoms with Gasteiger partial charge < -0.3 is 15.2 Å². The van der Waals surface area contributed by atoms with Crippen molar-refractivity contribution in [1.82, 2.24) is 5.32 Å². The van der Waals surface area contributed by atoms with Gasteiger partial charge in [-0.2, -0.15) is 0 Å². The third-order valence-corrected chi connectivity index (χ3v) is 2.87. The molecule has 0 aliphatic heterocycles. The number of carbonyl (C=O) groups excluding carboxylic acids is 1. The van der Waals surface area contributed by atoms with Crippen LogP contribution in [-0.2, 0) is 4.79 Å². The van der Waals surface area contributed by atoms with Crippen molar-refractivity contribution in [1.29, 1.82) is 0 Å². The standard InChI is InChI=1S/C12H14INO3/c1-8(15)14-5-3-4-9-6-10(13)12(16)11(7-9)17-2/h3-4,6-7,16H,5H2,1-2H3,(H,14,15). The molecule has 92 valence electrons. The summed E-state index contributed by atoms with van der Waals surface area (Å²) in [6.45, 7) is 1.95. The van der Waals surface area contributed by atoms with Crippen molar-refractivity contribution >= 4 is 34.6 Å². The van der Waals surface area contributed by atoms with Gasteiger partial charge in [-0.05, 0) is 40.3 Å². The third-order valence-electron chi connectivity index (χ3n) is 2.05. The first kappa shape index (κ1) is 13.8. The largest absolute Gasteiger partial charge is 0.504 e. The first-order valence-electron chi connectivity index (χ1n) is 5.02. The summed E-state index contributed by atoms with van der Waals surface area (Å²) in [6.07, 6.45) is 3.70. The smallest absolute Gasteiger partial charge is 0.217 e. The lowest BCUT2D eigenvalue weighted by molar-refractivity contribution is -0.118. The van der Waals surface area contributed by atoms with Crippen LogP contribution in [-0.4, -0.2) is 24.7 Å². The number of nitrogens with one attached hydrogen (secondary N) is 1. The lowest BCUT2D eigenvalue weighted by Gasteiger charge is -2.06. The Morgan fingerprint density at radius 1 is 1.59 bits per heavy atom. The molecule has 0 bridgehead atoms. The number of hydrogen-bond donors (Lipinski definition) is 2. The van der Waals surface area contributed by atoms with E-state index in [9.17, 15) is 9.90 Å². The van der Waals surface area contributed by atoms with E-state index < -0.39 is 0 Å². The van der Waals surface area contributed by atoms with Crippen molar-refractivity contribution in [3.05, 3.63) is 27.3 Å². The van der Waals surface area contributed by atoms with Crippen LogP contribution >= 0.6 is 22.6 Å². The summed E-state index contributed by atoms with van der Waals surface area (Å²) in [5.74, 6) is 0.524. The Kier molecular flexibility index (Phi) is 5.27. The van der Waals surface area contributed by atoms with Crippen molar-refractivity contribution in [2.24, 2.45) is 0 Å². The van der Waals surface area contributed by atoms with Gasteiger partial charge in [-0.25, -0.2) is 0 Å². The lowest BCUT2D eigenvalue weighted by atomic mass is 10.2. The molecule has 0 saturated carbocycles. The molecule has 0 heterocycles. The van der Waals surface area contributed by atoms with Crippen molar-refractivity contribution in [2.75, 3.05) is 13.7 Å². The Bertz CT molecular complexity index is 444. The molecule has 5 heteroatoms. The lowest BCUT2D eigenvalue weighted by Crippen LogP contribution is -2.19.